The Kier molecular flexibility index (Phi) is 4.62. The largest absolute Gasteiger partial charge is 0.364 e. The van der Waals surface area contributed by atoms with E-state index >= 15 is 0 Å². The summed E-state index contributed by atoms with van der Waals surface area (Å²) in [4.78, 5) is 35.5. The molecule has 1 aliphatic heterocycles. The molecule has 11 heteroatoms. The quantitative estimate of drug-likeness (QED) is 0.593. The maximum absolute atomic E-state index is 12.5. The van der Waals surface area contributed by atoms with Gasteiger partial charge < -0.3 is 15.6 Å². The lowest BCUT2D eigenvalue weighted by Crippen LogP contribution is -2.30. The van der Waals surface area contributed by atoms with Crippen molar-refractivity contribution in [2.45, 2.75) is 11.4 Å². The normalized spacial score (nSPS) is 14.3. The summed E-state index contributed by atoms with van der Waals surface area (Å²) < 4.78 is 28.8. The fourth-order valence-corrected chi connectivity index (χ4v) is 3.79. The van der Waals surface area contributed by atoms with Crippen LogP contribution in [0.1, 0.15) is 16.1 Å². The van der Waals surface area contributed by atoms with Gasteiger partial charge in [0.1, 0.15) is 10.6 Å². The van der Waals surface area contributed by atoms with E-state index in [1.54, 1.807) is 12.1 Å². The minimum Gasteiger partial charge on any atom is -0.364 e. The summed E-state index contributed by atoms with van der Waals surface area (Å²) in [6.45, 7) is -0.0290. The van der Waals surface area contributed by atoms with E-state index in [1.807, 2.05) is 0 Å². The molecule has 4 amide bonds. The minimum atomic E-state index is -3.95. The third-order valence-electron chi connectivity index (χ3n) is 4.00. The molecule has 4 N–H and O–H groups in total. The molecule has 1 aliphatic rings. The lowest BCUT2D eigenvalue weighted by atomic mass is 10.2. The molecule has 0 unspecified atom stereocenters. The van der Waals surface area contributed by atoms with Gasteiger partial charge in [-0.3, -0.25) is 19.2 Å². The van der Waals surface area contributed by atoms with Gasteiger partial charge in [0.25, 0.3) is 15.9 Å². The molecule has 3 rings (SSSR count). The molecule has 10 nitrogen and oxygen atoms in total. The van der Waals surface area contributed by atoms with Crippen LogP contribution < -0.4 is 15.8 Å². The summed E-state index contributed by atoms with van der Waals surface area (Å²) in [5, 5.41) is 2.42. The summed E-state index contributed by atoms with van der Waals surface area (Å²) >= 11 is 0. The zero-order valence-electron chi connectivity index (χ0n) is 14.3. The number of carbonyl (C=O) groups excluding carboxylic acids is 3. The number of rotatable bonds is 6. The number of carbonyl (C=O) groups is 3. The Morgan fingerprint density at radius 1 is 1.30 bits per heavy atom. The van der Waals surface area contributed by atoms with Crippen molar-refractivity contribution in [3.05, 3.63) is 47.8 Å². The third kappa shape index (κ3) is 3.77. The van der Waals surface area contributed by atoms with E-state index in [-0.39, 0.29) is 35.3 Å². The molecule has 0 saturated carbocycles. The van der Waals surface area contributed by atoms with Gasteiger partial charge in [-0.25, -0.2) is 13.2 Å². The van der Waals surface area contributed by atoms with Gasteiger partial charge in [-0.15, -0.1) is 0 Å². The number of aromatic nitrogens is 1. The maximum atomic E-state index is 12.5. The molecule has 1 aromatic carbocycles. The Balaban J connectivity index is 1.81. The second-order valence-electron chi connectivity index (χ2n) is 5.98. The first-order valence-electron chi connectivity index (χ1n) is 7.83. The van der Waals surface area contributed by atoms with Gasteiger partial charge in [0, 0.05) is 18.9 Å². The van der Waals surface area contributed by atoms with Crippen molar-refractivity contribution in [3.63, 3.8) is 0 Å². The van der Waals surface area contributed by atoms with Crippen LogP contribution in [0.3, 0.4) is 0 Å². The number of aryl methyl sites for hydroxylation is 1. The van der Waals surface area contributed by atoms with Crippen LogP contribution in [0.5, 0.6) is 0 Å². The SMILES string of the molecule is Cn1cc(S(=O)(=O)Nc2cccc(CN3C(=O)CNC3=O)c2)cc1C(N)=O. The number of nitrogens with one attached hydrogen (secondary N) is 2. The number of amides is 4. The van der Waals surface area contributed by atoms with Crippen LogP contribution in [0.2, 0.25) is 0 Å². The number of nitrogens with two attached hydrogens (primary N) is 1. The Hall–Kier alpha value is -3.34. The average molecular weight is 391 g/mol. The summed E-state index contributed by atoms with van der Waals surface area (Å²) in [5.41, 5.74) is 6.09. The van der Waals surface area contributed by atoms with Crippen LogP contribution in [0, 0.1) is 0 Å². The fourth-order valence-electron chi connectivity index (χ4n) is 2.67. The standard InChI is InChI=1S/C16H17N5O5S/c1-20-9-12(6-13(20)15(17)23)27(25,26)19-11-4-2-3-10(5-11)8-21-14(22)7-18-16(21)24/h2-6,9,19H,7-8H2,1H3,(H2,17,23)(H,18,24). The van der Waals surface area contributed by atoms with E-state index in [9.17, 15) is 22.8 Å². The number of benzene rings is 1. The smallest absolute Gasteiger partial charge is 0.324 e. The fraction of sp³-hybridized carbons (Fsp3) is 0.188. The molecule has 0 aliphatic carbocycles. The highest BCUT2D eigenvalue weighted by molar-refractivity contribution is 7.92. The predicted octanol–water partition coefficient (Wildman–Crippen LogP) is -0.0234. The van der Waals surface area contributed by atoms with Crippen LogP contribution in [0.15, 0.2) is 41.4 Å². The molecule has 2 heterocycles. The summed E-state index contributed by atoms with van der Waals surface area (Å²) in [5.74, 6) is -1.09. The third-order valence-corrected chi connectivity index (χ3v) is 5.35. The Morgan fingerprint density at radius 2 is 2.04 bits per heavy atom. The van der Waals surface area contributed by atoms with Gasteiger partial charge in [-0.05, 0) is 23.8 Å². The molecule has 1 fully saturated rings. The minimum absolute atomic E-state index is 0.0252. The lowest BCUT2D eigenvalue weighted by molar-refractivity contribution is -0.125. The van der Waals surface area contributed by atoms with Crippen molar-refractivity contribution < 1.29 is 22.8 Å². The number of urea groups is 1. The molecular weight excluding hydrogens is 374 g/mol. The van der Waals surface area contributed by atoms with Crippen LogP contribution in [0.25, 0.3) is 0 Å². The van der Waals surface area contributed by atoms with E-state index in [2.05, 4.69) is 10.0 Å². The highest BCUT2D eigenvalue weighted by Crippen LogP contribution is 2.20. The molecule has 1 saturated heterocycles. The van der Waals surface area contributed by atoms with Gasteiger partial charge in [-0.1, -0.05) is 12.1 Å². The zero-order valence-corrected chi connectivity index (χ0v) is 15.1. The molecule has 142 valence electrons. The molecule has 2 aromatic rings. The number of sulfonamides is 1. The molecular formula is C16H17N5O5S. The second kappa shape index (κ2) is 6.76. The molecule has 0 radical (unpaired) electrons. The Bertz CT molecular complexity index is 1030. The lowest BCUT2D eigenvalue weighted by Gasteiger charge is -2.13. The zero-order chi connectivity index (χ0) is 19.8. The van der Waals surface area contributed by atoms with Crippen LogP contribution in [-0.4, -0.2) is 42.3 Å². The number of nitrogens with zero attached hydrogens (tertiary/aromatic N) is 2. The predicted molar refractivity (Wildman–Crippen MR) is 95.1 cm³/mol. The Labute approximate surface area is 155 Å². The van der Waals surface area contributed by atoms with E-state index in [4.69, 9.17) is 5.73 Å². The molecule has 0 bridgehead atoms. The molecule has 27 heavy (non-hydrogen) atoms. The first kappa shape index (κ1) is 18.5. The molecule has 0 atom stereocenters. The summed E-state index contributed by atoms with van der Waals surface area (Å²) in [7, 11) is -2.44. The average Bonchev–Trinajstić information content (AvgIpc) is 3.13. The number of imide groups is 1. The van der Waals surface area contributed by atoms with Crippen molar-refractivity contribution in [2.75, 3.05) is 11.3 Å². The van der Waals surface area contributed by atoms with Gasteiger partial charge >= 0.3 is 6.03 Å². The van der Waals surface area contributed by atoms with Crippen molar-refractivity contribution in [3.8, 4) is 0 Å². The monoisotopic (exact) mass is 391 g/mol. The maximum Gasteiger partial charge on any atom is 0.324 e. The Morgan fingerprint density at radius 3 is 2.63 bits per heavy atom. The first-order chi connectivity index (χ1) is 12.7. The van der Waals surface area contributed by atoms with Gasteiger partial charge in [0.05, 0.1) is 13.1 Å². The van der Waals surface area contributed by atoms with Crippen molar-refractivity contribution >= 4 is 33.6 Å². The summed E-state index contributed by atoms with van der Waals surface area (Å²) in [6.07, 6.45) is 1.28. The highest BCUT2D eigenvalue weighted by Gasteiger charge is 2.28. The first-order valence-corrected chi connectivity index (χ1v) is 9.32. The van der Waals surface area contributed by atoms with E-state index in [1.165, 1.54) is 36.0 Å². The number of primary amides is 1. The van der Waals surface area contributed by atoms with Crippen molar-refractivity contribution in [1.29, 1.82) is 0 Å². The second-order valence-corrected chi connectivity index (χ2v) is 7.66. The van der Waals surface area contributed by atoms with Crippen LogP contribution in [0.4, 0.5) is 10.5 Å². The van der Waals surface area contributed by atoms with E-state index in [0.717, 1.165) is 4.90 Å². The number of hydrogen-bond donors (Lipinski definition) is 3. The van der Waals surface area contributed by atoms with Gasteiger partial charge in [0.15, 0.2) is 0 Å². The van der Waals surface area contributed by atoms with Gasteiger partial charge in [-0.2, -0.15) is 0 Å². The van der Waals surface area contributed by atoms with E-state index in [0.29, 0.717) is 5.56 Å². The number of hydrogen-bond acceptors (Lipinski definition) is 5. The van der Waals surface area contributed by atoms with Crippen LogP contribution >= 0.6 is 0 Å². The van der Waals surface area contributed by atoms with Crippen molar-refractivity contribution in [1.82, 2.24) is 14.8 Å². The molecule has 1 aromatic heterocycles. The number of anilines is 1. The topological polar surface area (TPSA) is 144 Å². The van der Waals surface area contributed by atoms with Crippen molar-refractivity contribution in [2.24, 2.45) is 12.8 Å². The van der Waals surface area contributed by atoms with Gasteiger partial charge in [0.2, 0.25) is 5.91 Å². The van der Waals surface area contributed by atoms with E-state index < -0.39 is 22.0 Å². The molecule has 0 spiro atoms. The van der Waals surface area contributed by atoms with Crippen LogP contribution in [-0.2, 0) is 28.4 Å². The summed E-state index contributed by atoms with van der Waals surface area (Å²) in [6, 6.07) is 7.02. The highest BCUT2D eigenvalue weighted by atomic mass is 32.2.